The monoisotopic (exact) mass is 455 g/mol. The molecule has 1 amide bonds. The van der Waals surface area contributed by atoms with E-state index < -0.39 is 9.84 Å². The summed E-state index contributed by atoms with van der Waals surface area (Å²) in [6.07, 6.45) is 1.05. The van der Waals surface area contributed by atoms with Crippen LogP contribution in [0.5, 0.6) is 0 Å². The van der Waals surface area contributed by atoms with Gasteiger partial charge < -0.3 is 5.32 Å². The molecule has 1 aliphatic heterocycles. The maximum atomic E-state index is 13.0. The van der Waals surface area contributed by atoms with Gasteiger partial charge in [0, 0.05) is 12.1 Å². The van der Waals surface area contributed by atoms with Crippen LogP contribution in [0.2, 0.25) is 0 Å². The van der Waals surface area contributed by atoms with Gasteiger partial charge in [-0.25, -0.2) is 12.8 Å². The molecular formula is C24H26FN3O3S. The van der Waals surface area contributed by atoms with Crippen LogP contribution in [0.15, 0.2) is 48.5 Å². The minimum absolute atomic E-state index is 0.0259. The van der Waals surface area contributed by atoms with E-state index in [1.54, 1.807) is 22.9 Å². The number of hydrogen-bond acceptors (Lipinski definition) is 4. The van der Waals surface area contributed by atoms with E-state index in [2.05, 4.69) is 10.4 Å². The third-order valence-corrected chi connectivity index (χ3v) is 7.69. The highest BCUT2D eigenvalue weighted by Gasteiger charge is 2.32. The van der Waals surface area contributed by atoms with Crippen LogP contribution in [0, 0.1) is 19.7 Å². The van der Waals surface area contributed by atoms with E-state index in [1.165, 1.54) is 12.1 Å². The first kappa shape index (κ1) is 22.2. The van der Waals surface area contributed by atoms with Crippen LogP contribution < -0.4 is 5.32 Å². The SMILES string of the molecule is Cc1ccc(-c2cc(C(=O)NCCc3ccc(F)cc3)nn2[C@H]2CCS(=O)(=O)C2)cc1C. The van der Waals surface area contributed by atoms with Crippen LogP contribution in [0.25, 0.3) is 11.3 Å². The van der Waals surface area contributed by atoms with Crippen LogP contribution in [-0.2, 0) is 16.3 Å². The molecule has 1 saturated heterocycles. The van der Waals surface area contributed by atoms with Crippen LogP contribution in [-0.4, -0.2) is 42.2 Å². The largest absolute Gasteiger partial charge is 0.350 e. The summed E-state index contributed by atoms with van der Waals surface area (Å²) in [5, 5.41) is 7.37. The number of rotatable bonds is 6. The van der Waals surface area contributed by atoms with Gasteiger partial charge in [0.15, 0.2) is 15.5 Å². The highest BCUT2D eigenvalue weighted by molar-refractivity contribution is 7.91. The summed E-state index contributed by atoms with van der Waals surface area (Å²) in [6, 6.07) is 13.6. The Kier molecular flexibility index (Phi) is 6.15. The highest BCUT2D eigenvalue weighted by atomic mass is 32.2. The summed E-state index contributed by atoms with van der Waals surface area (Å²) in [7, 11) is -3.10. The Labute approximate surface area is 187 Å². The van der Waals surface area contributed by atoms with Crippen molar-refractivity contribution in [1.82, 2.24) is 15.1 Å². The maximum Gasteiger partial charge on any atom is 0.271 e. The molecule has 3 aromatic rings. The molecule has 32 heavy (non-hydrogen) atoms. The fourth-order valence-electron chi connectivity index (χ4n) is 3.93. The Hall–Kier alpha value is -3.00. The van der Waals surface area contributed by atoms with Crippen molar-refractivity contribution < 1.29 is 17.6 Å². The maximum absolute atomic E-state index is 13.0. The minimum atomic E-state index is -3.10. The Morgan fingerprint density at radius 2 is 1.88 bits per heavy atom. The molecule has 8 heteroatoms. The van der Waals surface area contributed by atoms with Crippen molar-refractivity contribution in [3.8, 4) is 11.3 Å². The lowest BCUT2D eigenvalue weighted by molar-refractivity contribution is 0.0948. The topological polar surface area (TPSA) is 81.1 Å². The first-order chi connectivity index (χ1) is 15.2. The average Bonchev–Trinajstić information content (AvgIpc) is 3.35. The molecule has 2 aromatic carbocycles. The second-order valence-corrected chi connectivity index (χ2v) is 10.6. The molecule has 0 saturated carbocycles. The molecule has 0 radical (unpaired) electrons. The summed E-state index contributed by atoms with van der Waals surface area (Å²) in [6.45, 7) is 4.43. The van der Waals surface area contributed by atoms with Crippen molar-refractivity contribution in [2.24, 2.45) is 0 Å². The van der Waals surface area contributed by atoms with Gasteiger partial charge in [0.25, 0.3) is 5.91 Å². The predicted octanol–water partition coefficient (Wildman–Crippen LogP) is 3.64. The third kappa shape index (κ3) is 4.91. The van der Waals surface area contributed by atoms with E-state index in [1.807, 2.05) is 32.0 Å². The molecule has 1 N–H and O–H groups in total. The summed E-state index contributed by atoms with van der Waals surface area (Å²) in [5.74, 6) is -0.464. The van der Waals surface area contributed by atoms with Crippen LogP contribution in [0.4, 0.5) is 4.39 Å². The molecule has 1 atom stereocenters. The predicted molar refractivity (Wildman–Crippen MR) is 122 cm³/mol. The fourth-order valence-corrected chi connectivity index (χ4v) is 5.62. The van der Waals surface area contributed by atoms with Crippen molar-refractivity contribution >= 4 is 15.7 Å². The number of aromatic nitrogens is 2. The second kappa shape index (κ2) is 8.86. The first-order valence-corrected chi connectivity index (χ1v) is 12.4. The van der Waals surface area contributed by atoms with E-state index in [0.717, 1.165) is 27.9 Å². The molecule has 0 aliphatic carbocycles. The van der Waals surface area contributed by atoms with Crippen LogP contribution >= 0.6 is 0 Å². The zero-order chi connectivity index (χ0) is 22.9. The number of carbonyl (C=O) groups is 1. The molecule has 0 unspecified atom stereocenters. The molecular weight excluding hydrogens is 429 g/mol. The van der Waals surface area contributed by atoms with Crippen molar-refractivity contribution in [1.29, 1.82) is 0 Å². The second-order valence-electron chi connectivity index (χ2n) is 8.35. The lowest BCUT2D eigenvalue weighted by Crippen LogP contribution is -2.26. The Morgan fingerprint density at radius 1 is 1.12 bits per heavy atom. The smallest absolute Gasteiger partial charge is 0.271 e. The van der Waals surface area contributed by atoms with Crippen molar-refractivity contribution in [2.45, 2.75) is 32.7 Å². The van der Waals surface area contributed by atoms with E-state index in [-0.39, 0.29) is 35.0 Å². The third-order valence-electron chi connectivity index (χ3n) is 5.94. The molecule has 1 fully saturated rings. The Balaban J connectivity index is 1.57. The van der Waals surface area contributed by atoms with Crippen LogP contribution in [0.1, 0.15) is 39.6 Å². The number of benzene rings is 2. The molecule has 2 heterocycles. The van der Waals surface area contributed by atoms with Gasteiger partial charge >= 0.3 is 0 Å². The number of halogens is 1. The Bertz CT molecular complexity index is 1250. The zero-order valence-electron chi connectivity index (χ0n) is 18.1. The highest BCUT2D eigenvalue weighted by Crippen LogP contribution is 2.31. The lowest BCUT2D eigenvalue weighted by Gasteiger charge is -2.14. The lowest BCUT2D eigenvalue weighted by atomic mass is 10.0. The normalized spacial score (nSPS) is 17.4. The van der Waals surface area contributed by atoms with Gasteiger partial charge in [0.1, 0.15) is 5.82 Å². The molecule has 6 nitrogen and oxygen atoms in total. The van der Waals surface area contributed by atoms with Crippen molar-refractivity contribution in [2.75, 3.05) is 18.1 Å². The number of carbonyl (C=O) groups excluding carboxylic acids is 1. The number of nitrogens with zero attached hydrogens (tertiary/aromatic N) is 2. The summed E-state index contributed by atoms with van der Waals surface area (Å²) >= 11 is 0. The Morgan fingerprint density at radius 3 is 2.53 bits per heavy atom. The van der Waals surface area contributed by atoms with Gasteiger partial charge in [-0.15, -0.1) is 0 Å². The van der Waals surface area contributed by atoms with E-state index in [4.69, 9.17) is 0 Å². The molecule has 0 spiro atoms. The average molecular weight is 456 g/mol. The van der Waals surface area contributed by atoms with Gasteiger partial charge in [-0.3, -0.25) is 9.48 Å². The van der Waals surface area contributed by atoms with Crippen molar-refractivity contribution in [3.63, 3.8) is 0 Å². The standard InChI is InChI=1S/C24H26FN3O3S/c1-16-3-6-19(13-17(16)2)23-14-22(27-28(23)21-10-12-32(30,31)15-21)24(29)26-11-9-18-4-7-20(25)8-5-18/h3-8,13-14,21H,9-12,15H2,1-2H3,(H,26,29)/t21-/m0/s1. The quantitative estimate of drug-likeness (QED) is 0.615. The zero-order valence-corrected chi connectivity index (χ0v) is 19.0. The molecule has 1 aliphatic rings. The van der Waals surface area contributed by atoms with Gasteiger partial charge in [-0.1, -0.05) is 24.3 Å². The van der Waals surface area contributed by atoms with Gasteiger partial charge in [-0.2, -0.15) is 5.10 Å². The summed E-state index contributed by atoms with van der Waals surface area (Å²) in [5.41, 5.74) is 5.07. The first-order valence-electron chi connectivity index (χ1n) is 10.6. The van der Waals surface area contributed by atoms with E-state index >= 15 is 0 Å². The number of hydrogen-bond donors (Lipinski definition) is 1. The van der Waals surface area contributed by atoms with Crippen LogP contribution in [0.3, 0.4) is 0 Å². The summed E-state index contributed by atoms with van der Waals surface area (Å²) < 4.78 is 38.9. The molecule has 168 valence electrons. The molecule has 0 bridgehead atoms. The van der Waals surface area contributed by atoms with E-state index in [9.17, 15) is 17.6 Å². The number of amides is 1. The number of aryl methyl sites for hydroxylation is 2. The fraction of sp³-hybridized carbons (Fsp3) is 0.333. The van der Waals surface area contributed by atoms with E-state index in [0.29, 0.717) is 19.4 Å². The van der Waals surface area contributed by atoms with Gasteiger partial charge in [0.2, 0.25) is 0 Å². The minimum Gasteiger partial charge on any atom is -0.350 e. The van der Waals surface area contributed by atoms with Gasteiger partial charge in [0.05, 0.1) is 23.2 Å². The van der Waals surface area contributed by atoms with Crippen molar-refractivity contribution in [3.05, 3.63) is 76.7 Å². The molecule has 1 aromatic heterocycles. The van der Waals surface area contributed by atoms with Gasteiger partial charge in [-0.05, 0) is 67.6 Å². The number of sulfone groups is 1. The molecule has 4 rings (SSSR count). The number of nitrogens with one attached hydrogen (secondary N) is 1. The summed E-state index contributed by atoms with van der Waals surface area (Å²) in [4.78, 5) is 12.8.